The van der Waals surface area contributed by atoms with Gasteiger partial charge < -0.3 is 9.62 Å². The summed E-state index contributed by atoms with van der Waals surface area (Å²) in [5.74, 6) is -0.175. The molecule has 1 saturated carbocycles. The van der Waals surface area contributed by atoms with Crippen LogP contribution in [0.25, 0.3) is 0 Å². The maximum absolute atomic E-state index is 11.3. The van der Waals surface area contributed by atoms with E-state index in [0.717, 1.165) is 6.42 Å². The highest BCUT2D eigenvalue weighted by molar-refractivity contribution is 5.77. The van der Waals surface area contributed by atoms with Gasteiger partial charge in [0, 0.05) is 0 Å². The zero-order chi connectivity index (χ0) is 10.6. The second-order valence-corrected chi connectivity index (χ2v) is 3.96. The molecule has 1 aliphatic carbocycles. The van der Waals surface area contributed by atoms with E-state index in [1.807, 2.05) is 13.8 Å². The largest absolute Gasteiger partial charge is 0.431 e. The number of hydrogen-bond donors (Lipinski definition) is 0. The highest BCUT2D eigenvalue weighted by Crippen LogP contribution is 2.52. The van der Waals surface area contributed by atoms with Crippen LogP contribution >= 0.6 is 0 Å². The summed E-state index contributed by atoms with van der Waals surface area (Å²) in [5.41, 5.74) is 0.103. The van der Waals surface area contributed by atoms with E-state index < -0.39 is 0 Å². The quantitative estimate of drug-likeness (QED) is 0.224. The van der Waals surface area contributed by atoms with Gasteiger partial charge >= 0.3 is 5.97 Å². The van der Waals surface area contributed by atoms with E-state index in [9.17, 15) is 4.79 Å². The molecular weight excluding hydrogens is 184 g/mol. The summed E-state index contributed by atoms with van der Waals surface area (Å²) in [6.07, 6.45) is 3.30. The summed E-state index contributed by atoms with van der Waals surface area (Å²) >= 11 is 0. The summed E-state index contributed by atoms with van der Waals surface area (Å²) in [4.78, 5) is 20.4. The molecule has 0 amide bonds. The Morgan fingerprint density at radius 2 is 2.14 bits per heavy atom. The molecule has 80 valence electrons. The maximum Gasteiger partial charge on any atom is 0.314 e. The molecule has 4 nitrogen and oxygen atoms in total. The second-order valence-electron chi connectivity index (χ2n) is 3.96. The molecule has 0 aliphatic heterocycles. The third-order valence-corrected chi connectivity index (χ3v) is 2.28. The van der Waals surface area contributed by atoms with E-state index in [0.29, 0.717) is 6.61 Å². The highest BCUT2D eigenvalue weighted by atomic mass is 17.2. The standard InChI is InChI=1S/C10H16O4/c1-4-13-14-6-5-12-9(11)8-7-10(8,2)3/h5-6,8H,4,7H2,1-3H3. The van der Waals surface area contributed by atoms with E-state index in [4.69, 9.17) is 4.74 Å². The summed E-state index contributed by atoms with van der Waals surface area (Å²) in [6, 6.07) is 0. The number of hydrogen-bond acceptors (Lipinski definition) is 4. The second kappa shape index (κ2) is 4.46. The molecular formula is C10H16O4. The van der Waals surface area contributed by atoms with Crippen LogP contribution in [-0.2, 0) is 19.3 Å². The lowest BCUT2D eigenvalue weighted by atomic mass is 10.1. The molecule has 14 heavy (non-hydrogen) atoms. The Bertz CT molecular complexity index is 232. The molecule has 0 aromatic carbocycles. The predicted molar refractivity (Wildman–Crippen MR) is 49.8 cm³/mol. The van der Waals surface area contributed by atoms with Crippen LogP contribution in [0.2, 0.25) is 0 Å². The summed E-state index contributed by atoms with van der Waals surface area (Å²) in [7, 11) is 0. The van der Waals surface area contributed by atoms with Crippen molar-refractivity contribution in [3.63, 3.8) is 0 Å². The minimum Gasteiger partial charge on any atom is -0.431 e. The fourth-order valence-corrected chi connectivity index (χ4v) is 1.18. The Labute approximate surface area is 83.8 Å². The first kappa shape index (κ1) is 11.0. The fourth-order valence-electron chi connectivity index (χ4n) is 1.18. The van der Waals surface area contributed by atoms with E-state index in [1.165, 1.54) is 12.5 Å². The van der Waals surface area contributed by atoms with Gasteiger partial charge in [-0.15, -0.1) is 0 Å². The van der Waals surface area contributed by atoms with E-state index in [2.05, 4.69) is 9.78 Å². The molecule has 0 bridgehead atoms. The first-order valence-corrected chi connectivity index (χ1v) is 4.71. The fraction of sp³-hybridized carbons (Fsp3) is 0.700. The first-order chi connectivity index (χ1) is 6.58. The summed E-state index contributed by atoms with van der Waals surface area (Å²) in [6.45, 7) is 6.33. The van der Waals surface area contributed by atoms with Crippen LogP contribution in [0.5, 0.6) is 0 Å². The minimum atomic E-state index is -0.202. The molecule has 1 rings (SSSR count). The number of esters is 1. The topological polar surface area (TPSA) is 44.8 Å². The van der Waals surface area contributed by atoms with Gasteiger partial charge in [0.05, 0.1) is 12.5 Å². The number of ether oxygens (including phenoxy) is 1. The Morgan fingerprint density at radius 3 is 2.64 bits per heavy atom. The van der Waals surface area contributed by atoms with E-state index in [-0.39, 0.29) is 17.3 Å². The van der Waals surface area contributed by atoms with Crippen LogP contribution < -0.4 is 0 Å². The molecule has 0 spiro atoms. The molecule has 1 atom stereocenters. The lowest BCUT2D eigenvalue weighted by Crippen LogP contribution is -2.06. The van der Waals surface area contributed by atoms with Crippen molar-refractivity contribution in [2.45, 2.75) is 27.2 Å². The molecule has 1 aliphatic rings. The third-order valence-electron chi connectivity index (χ3n) is 2.28. The third kappa shape index (κ3) is 3.03. The van der Waals surface area contributed by atoms with Crippen LogP contribution in [0.15, 0.2) is 12.5 Å². The van der Waals surface area contributed by atoms with Crippen molar-refractivity contribution in [1.82, 2.24) is 0 Å². The molecule has 0 radical (unpaired) electrons. The molecule has 1 fully saturated rings. The number of rotatable bonds is 5. The van der Waals surface area contributed by atoms with Crippen molar-refractivity contribution in [1.29, 1.82) is 0 Å². The van der Waals surface area contributed by atoms with Crippen LogP contribution in [0.1, 0.15) is 27.2 Å². The SMILES string of the molecule is CCOOC=COC(=O)C1CC1(C)C. The van der Waals surface area contributed by atoms with E-state index in [1.54, 1.807) is 6.92 Å². The van der Waals surface area contributed by atoms with Crippen molar-refractivity contribution >= 4 is 5.97 Å². The zero-order valence-corrected chi connectivity index (χ0v) is 8.78. The van der Waals surface area contributed by atoms with Crippen molar-refractivity contribution in [3.8, 4) is 0 Å². The first-order valence-electron chi connectivity index (χ1n) is 4.71. The molecule has 0 heterocycles. The van der Waals surface area contributed by atoms with Crippen molar-refractivity contribution < 1.29 is 19.3 Å². The monoisotopic (exact) mass is 200 g/mol. The van der Waals surface area contributed by atoms with Gasteiger partial charge in [0.25, 0.3) is 0 Å². The molecule has 1 unspecified atom stereocenters. The normalized spacial score (nSPS) is 23.5. The Hall–Kier alpha value is -1.03. The Balaban J connectivity index is 2.13. The predicted octanol–water partition coefficient (Wildman–Crippen LogP) is 2.01. The average Bonchev–Trinajstić information content (AvgIpc) is 2.75. The highest BCUT2D eigenvalue weighted by Gasteiger charge is 2.51. The molecule has 4 heteroatoms. The van der Waals surface area contributed by atoms with Gasteiger partial charge in [-0.1, -0.05) is 13.8 Å². The molecule has 0 aromatic rings. The van der Waals surface area contributed by atoms with Gasteiger partial charge in [0.2, 0.25) is 0 Å². The van der Waals surface area contributed by atoms with Crippen LogP contribution in [-0.4, -0.2) is 12.6 Å². The van der Waals surface area contributed by atoms with Gasteiger partial charge in [0.15, 0.2) is 6.26 Å². The Morgan fingerprint density at radius 1 is 1.50 bits per heavy atom. The Kier molecular flexibility index (Phi) is 3.52. The number of carbonyl (C=O) groups is 1. The van der Waals surface area contributed by atoms with Gasteiger partial charge in [-0.2, -0.15) is 4.89 Å². The van der Waals surface area contributed by atoms with E-state index >= 15 is 0 Å². The van der Waals surface area contributed by atoms with Crippen molar-refractivity contribution in [2.75, 3.05) is 6.61 Å². The molecule has 0 N–H and O–H groups in total. The van der Waals surface area contributed by atoms with Gasteiger partial charge in [-0.3, -0.25) is 4.79 Å². The van der Waals surface area contributed by atoms with Crippen molar-refractivity contribution in [2.24, 2.45) is 11.3 Å². The van der Waals surface area contributed by atoms with Gasteiger partial charge in [-0.05, 0) is 18.8 Å². The maximum atomic E-state index is 11.3. The van der Waals surface area contributed by atoms with Crippen LogP contribution in [0.4, 0.5) is 0 Å². The lowest BCUT2D eigenvalue weighted by Gasteiger charge is -2.00. The average molecular weight is 200 g/mol. The van der Waals surface area contributed by atoms with Crippen molar-refractivity contribution in [3.05, 3.63) is 12.5 Å². The van der Waals surface area contributed by atoms with Crippen LogP contribution in [0.3, 0.4) is 0 Å². The summed E-state index contributed by atoms with van der Waals surface area (Å²) < 4.78 is 4.82. The minimum absolute atomic E-state index is 0.0271. The van der Waals surface area contributed by atoms with Gasteiger partial charge in [0.1, 0.15) is 6.26 Å². The number of carbonyl (C=O) groups excluding carboxylic acids is 1. The summed E-state index contributed by atoms with van der Waals surface area (Å²) in [5, 5.41) is 0. The molecule has 0 aromatic heterocycles. The van der Waals surface area contributed by atoms with Crippen LogP contribution in [0, 0.1) is 11.3 Å². The smallest absolute Gasteiger partial charge is 0.314 e. The lowest BCUT2D eigenvalue weighted by molar-refractivity contribution is -0.245. The molecule has 0 saturated heterocycles. The van der Waals surface area contributed by atoms with Gasteiger partial charge in [-0.25, -0.2) is 0 Å². The zero-order valence-electron chi connectivity index (χ0n) is 8.78.